The van der Waals surface area contributed by atoms with E-state index in [1.807, 2.05) is 38.1 Å². The summed E-state index contributed by atoms with van der Waals surface area (Å²) < 4.78 is 5.03. The molecule has 0 aliphatic carbocycles. The Bertz CT molecular complexity index is 756. The molecule has 2 aromatic rings. The highest BCUT2D eigenvalue weighted by atomic mass is 32.1. The third-order valence-corrected chi connectivity index (χ3v) is 4.10. The highest BCUT2D eigenvalue weighted by Gasteiger charge is 2.15. The van der Waals surface area contributed by atoms with E-state index < -0.39 is 5.97 Å². The van der Waals surface area contributed by atoms with Crippen molar-refractivity contribution in [2.24, 2.45) is 0 Å². The van der Waals surface area contributed by atoms with Crippen LogP contribution in [0.3, 0.4) is 0 Å². The quantitative estimate of drug-likeness (QED) is 0.555. The zero-order valence-electron chi connectivity index (χ0n) is 14.2. The van der Waals surface area contributed by atoms with Gasteiger partial charge in [-0.3, -0.25) is 4.79 Å². The van der Waals surface area contributed by atoms with Crippen LogP contribution in [0.1, 0.15) is 35.8 Å². The minimum absolute atomic E-state index is 0.173. The molecule has 0 unspecified atom stereocenters. The monoisotopic (exact) mass is 359 g/mol. The molecule has 2 rings (SSSR count). The predicted octanol–water partition coefficient (Wildman–Crippen LogP) is 3.66. The third kappa shape index (κ3) is 5.42. The van der Waals surface area contributed by atoms with Crippen LogP contribution in [-0.2, 0) is 9.53 Å². The maximum atomic E-state index is 12.0. The molecule has 0 saturated carbocycles. The summed E-state index contributed by atoms with van der Waals surface area (Å²) in [5, 5.41) is 7.94. The highest BCUT2D eigenvalue weighted by Crippen LogP contribution is 2.23. The van der Waals surface area contributed by atoms with Gasteiger partial charge in [0.05, 0.1) is 0 Å². The molecule has 0 atom stereocenters. The van der Waals surface area contributed by atoms with Gasteiger partial charge in [-0.2, -0.15) is 0 Å². The highest BCUT2D eigenvalue weighted by molar-refractivity contribution is 7.13. The van der Waals surface area contributed by atoms with Crippen molar-refractivity contribution in [1.29, 1.82) is 0 Å². The number of nitrogens with zero attached hydrogens (tertiary/aromatic N) is 1. The molecular formula is C18H21N3O3S. The number of hydrogen-bond donors (Lipinski definition) is 2. The zero-order chi connectivity index (χ0) is 18.2. The van der Waals surface area contributed by atoms with E-state index in [1.54, 1.807) is 11.5 Å². The van der Waals surface area contributed by atoms with Crippen molar-refractivity contribution in [3.05, 3.63) is 53.6 Å². The molecule has 0 bridgehead atoms. The van der Waals surface area contributed by atoms with Gasteiger partial charge in [-0.15, -0.1) is 17.9 Å². The van der Waals surface area contributed by atoms with Crippen molar-refractivity contribution in [1.82, 2.24) is 4.98 Å². The van der Waals surface area contributed by atoms with E-state index in [1.165, 1.54) is 11.3 Å². The Kier molecular flexibility index (Phi) is 6.71. The molecule has 6 nitrogen and oxygen atoms in total. The van der Waals surface area contributed by atoms with Crippen LogP contribution in [0.4, 0.5) is 10.8 Å². The smallest absolute Gasteiger partial charge is 0.358 e. The molecule has 0 saturated heterocycles. The van der Waals surface area contributed by atoms with Crippen LogP contribution >= 0.6 is 11.3 Å². The van der Waals surface area contributed by atoms with Gasteiger partial charge in [0.2, 0.25) is 0 Å². The Morgan fingerprint density at radius 3 is 2.84 bits per heavy atom. The average molecular weight is 359 g/mol. The van der Waals surface area contributed by atoms with Crippen LogP contribution in [0, 0.1) is 0 Å². The summed E-state index contributed by atoms with van der Waals surface area (Å²) in [5.41, 5.74) is 1.93. The van der Waals surface area contributed by atoms with Crippen LogP contribution in [0.2, 0.25) is 0 Å². The zero-order valence-corrected chi connectivity index (χ0v) is 15.1. The fraction of sp³-hybridized carbons (Fsp3) is 0.278. The second-order valence-corrected chi connectivity index (χ2v) is 6.43. The van der Waals surface area contributed by atoms with Gasteiger partial charge in [-0.05, 0) is 17.5 Å². The molecule has 2 N–H and O–H groups in total. The lowest BCUT2D eigenvalue weighted by atomic mass is 10.0. The Hall–Kier alpha value is -2.67. The average Bonchev–Trinajstić information content (AvgIpc) is 3.07. The van der Waals surface area contributed by atoms with Crippen molar-refractivity contribution < 1.29 is 14.3 Å². The number of nitrogens with one attached hydrogen (secondary N) is 2. The van der Waals surface area contributed by atoms with Gasteiger partial charge >= 0.3 is 5.97 Å². The third-order valence-electron chi connectivity index (χ3n) is 3.30. The lowest BCUT2D eigenvalue weighted by Gasteiger charge is -2.13. The number of amides is 1. The first-order chi connectivity index (χ1) is 12.0. The summed E-state index contributed by atoms with van der Waals surface area (Å²) in [6.45, 7) is 7.88. The Balaban J connectivity index is 1.88. The largest absolute Gasteiger partial charge is 0.451 e. The van der Waals surface area contributed by atoms with Crippen LogP contribution in [-0.4, -0.2) is 30.0 Å². The van der Waals surface area contributed by atoms with E-state index >= 15 is 0 Å². The molecule has 0 spiro atoms. The summed E-state index contributed by atoms with van der Waals surface area (Å²) in [6, 6.07) is 7.55. The van der Waals surface area contributed by atoms with Crippen LogP contribution in [0.15, 0.2) is 42.3 Å². The summed E-state index contributed by atoms with van der Waals surface area (Å²) in [7, 11) is 0. The van der Waals surface area contributed by atoms with Gasteiger partial charge in [0.15, 0.2) is 17.4 Å². The topological polar surface area (TPSA) is 80.3 Å². The Morgan fingerprint density at radius 2 is 2.12 bits per heavy atom. The number of rotatable bonds is 8. The molecule has 25 heavy (non-hydrogen) atoms. The van der Waals surface area contributed by atoms with E-state index in [-0.39, 0.29) is 24.1 Å². The fourth-order valence-electron chi connectivity index (χ4n) is 2.11. The number of carbonyl (C=O) groups is 2. The van der Waals surface area contributed by atoms with Crippen molar-refractivity contribution in [3.8, 4) is 0 Å². The normalized spacial score (nSPS) is 10.4. The van der Waals surface area contributed by atoms with E-state index in [4.69, 9.17) is 4.74 Å². The van der Waals surface area contributed by atoms with Crippen molar-refractivity contribution in [3.63, 3.8) is 0 Å². The van der Waals surface area contributed by atoms with Gasteiger partial charge in [-0.1, -0.05) is 38.1 Å². The van der Waals surface area contributed by atoms with Gasteiger partial charge < -0.3 is 15.4 Å². The summed E-state index contributed by atoms with van der Waals surface area (Å²) >= 11 is 1.29. The van der Waals surface area contributed by atoms with Crippen molar-refractivity contribution >= 4 is 34.0 Å². The molecule has 132 valence electrons. The number of carbonyl (C=O) groups excluding carboxylic acids is 2. The number of aromatic nitrogens is 1. The number of benzene rings is 1. The number of hydrogen-bond acceptors (Lipinski definition) is 6. The second-order valence-electron chi connectivity index (χ2n) is 5.57. The molecular weight excluding hydrogens is 338 g/mol. The number of ether oxygens (including phenoxy) is 1. The number of thiazole rings is 1. The van der Waals surface area contributed by atoms with Crippen molar-refractivity contribution in [2.75, 3.05) is 23.8 Å². The van der Waals surface area contributed by atoms with Gasteiger partial charge in [0.1, 0.15) is 0 Å². The van der Waals surface area contributed by atoms with Crippen LogP contribution in [0.5, 0.6) is 0 Å². The minimum atomic E-state index is -0.629. The minimum Gasteiger partial charge on any atom is -0.451 e. The van der Waals surface area contributed by atoms with Crippen molar-refractivity contribution in [2.45, 2.75) is 19.8 Å². The summed E-state index contributed by atoms with van der Waals surface area (Å²) in [5.74, 6) is -0.743. The van der Waals surface area contributed by atoms with E-state index in [0.29, 0.717) is 11.7 Å². The Labute approximate surface area is 150 Å². The Morgan fingerprint density at radius 1 is 1.36 bits per heavy atom. The molecule has 1 aromatic carbocycles. The molecule has 7 heteroatoms. The number of para-hydroxylation sites is 1. The van der Waals surface area contributed by atoms with E-state index in [9.17, 15) is 9.59 Å². The van der Waals surface area contributed by atoms with Crippen LogP contribution < -0.4 is 10.6 Å². The molecule has 0 radical (unpaired) electrons. The standard InChI is InChI=1S/C18H21N3O3S/c1-4-9-19-18-21-15(11-25-18)17(23)24-10-16(22)20-14-8-6-5-7-13(14)12(2)3/h4-8,11-12H,1,9-10H2,2-3H3,(H,19,21)(H,20,22). The maximum Gasteiger partial charge on any atom is 0.358 e. The molecule has 0 fully saturated rings. The summed E-state index contributed by atoms with van der Waals surface area (Å²) in [6.07, 6.45) is 1.69. The molecule has 1 aromatic heterocycles. The first kappa shape index (κ1) is 18.7. The molecule has 1 amide bonds. The molecule has 0 aliphatic rings. The number of anilines is 2. The van der Waals surface area contributed by atoms with Gasteiger partial charge in [0.25, 0.3) is 5.91 Å². The lowest BCUT2D eigenvalue weighted by molar-refractivity contribution is -0.119. The first-order valence-corrected chi connectivity index (χ1v) is 8.75. The summed E-state index contributed by atoms with van der Waals surface area (Å²) in [4.78, 5) is 28.1. The van der Waals surface area contributed by atoms with E-state index in [0.717, 1.165) is 11.3 Å². The maximum absolute atomic E-state index is 12.0. The second kappa shape index (κ2) is 8.98. The molecule has 0 aliphatic heterocycles. The first-order valence-electron chi connectivity index (χ1n) is 7.87. The van der Waals surface area contributed by atoms with Gasteiger partial charge in [-0.25, -0.2) is 9.78 Å². The SMILES string of the molecule is C=CCNc1nc(C(=O)OCC(=O)Nc2ccccc2C(C)C)cs1. The molecule has 1 heterocycles. The lowest BCUT2D eigenvalue weighted by Crippen LogP contribution is -2.21. The van der Waals surface area contributed by atoms with Gasteiger partial charge in [0, 0.05) is 17.6 Å². The predicted molar refractivity (Wildman–Crippen MR) is 100 cm³/mol. The van der Waals surface area contributed by atoms with Crippen LogP contribution in [0.25, 0.3) is 0 Å². The number of esters is 1. The van der Waals surface area contributed by atoms with E-state index in [2.05, 4.69) is 22.2 Å². The fourth-order valence-corrected chi connectivity index (χ4v) is 2.80.